The fourth-order valence-corrected chi connectivity index (χ4v) is 5.10. The highest BCUT2D eigenvalue weighted by Crippen LogP contribution is 2.43. The lowest BCUT2D eigenvalue weighted by Crippen LogP contribution is -2.32. The Hall–Kier alpha value is -4.03. The van der Waals surface area contributed by atoms with Gasteiger partial charge in [-0.25, -0.2) is 4.79 Å². The van der Waals surface area contributed by atoms with Crippen LogP contribution in [0.5, 0.6) is 11.5 Å². The molecule has 1 aliphatic rings. The number of aromatic amines is 1. The fraction of sp³-hybridized carbons (Fsp3) is 0.367. The number of esters is 1. The van der Waals surface area contributed by atoms with Crippen LogP contribution < -0.4 is 20.3 Å². The van der Waals surface area contributed by atoms with Gasteiger partial charge in [0.25, 0.3) is 5.56 Å². The van der Waals surface area contributed by atoms with Crippen LogP contribution in [-0.4, -0.2) is 56.6 Å². The lowest BCUT2D eigenvalue weighted by molar-refractivity contribution is -0.153. The number of amides is 1. The number of pyridine rings is 1. The number of benzene rings is 2. The first-order chi connectivity index (χ1) is 20.5. The van der Waals surface area contributed by atoms with Gasteiger partial charge < -0.3 is 29.2 Å². The molecule has 1 aromatic heterocycles. The van der Waals surface area contributed by atoms with Gasteiger partial charge in [-0.15, -0.1) is 0 Å². The second kappa shape index (κ2) is 14.0. The maximum absolute atomic E-state index is 13.9. The van der Waals surface area contributed by atoms with Crippen LogP contribution in [0.3, 0.4) is 0 Å². The Morgan fingerprint density at radius 2 is 1.86 bits per heavy atom. The van der Waals surface area contributed by atoms with Crippen molar-refractivity contribution in [2.24, 2.45) is 0 Å². The van der Waals surface area contributed by atoms with E-state index in [1.165, 1.54) is 62.9 Å². The van der Waals surface area contributed by atoms with Crippen LogP contribution in [0.15, 0.2) is 53.5 Å². The minimum atomic E-state index is -4.64. The van der Waals surface area contributed by atoms with Crippen molar-refractivity contribution in [3.8, 4) is 22.6 Å². The SMILES string of the molecule is COC(=O)c1ccc(NC(=O)C(C[C@@H]2CCCCO2)c2c(-c3cc(Cl)ccc3OCC(F)(F)F)c(OC)c[nH]c2=O)cc1. The molecule has 4 rings (SSSR count). The Morgan fingerprint density at radius 1 is 1.12 bits per heavy atom. The third-order valence-electron chi connectivity index (χ3n) is 6.93. The number of anilines is 1. The second-order valence-corrected chi connectivity index (χ2v) is 10.3. The van der Waals surface area contributed by atoms with Crippen molar-refractivity contribution in [2.45, 2.75) is 43.9 Å². The number of halogens is 4. The number of rotatable bonds is 10. The number of H-pyrrole nitrogens is 1. The molecule has 2 aromatic carbocycles. The van der Waals surface area contributed by atoms with Gasteiger partial charge in [-0.1, -0.05) is 11.6 Å². The summed E-state index contributed by atoms with van der Waals surface area (Å²) in [7, 11) is 2.57. The Balaban J connectivity index is 1.84. The molecule has 0 bridgehead atoms. The molecular formula is C30H30ClF3N2O7. The molecule has 9 nitrogen and oxygen atoms in total. The van der Waals surface area contributed by atoms with Gasteiger partial charge in [0.1, 0.15) is 11.5 Å². The van der Waals surface area contributed by atoms with Crippen LogP contribution in [0.1, 0.15) is 47.5 Å². The van der Waals surface area contributed by atoms with E-state index in [0.717, 1.165) is 12.8 Å². The standard InChI is InChI=1S/C30H30ClF3N2O7/c1-40-24-15-35-28(38)26(25(24)21-13-18(31)8-11-23(21)43-16-30(32,33)34)22(14-20-5-3-4-12-42-20)27(37)36-19-9-6-17(7-10-19)29(39)41-2/h6-11,13,15,20,22H,3-5,12,14,16H2,1-2H3,(H,35,38)(H,36,37)/t20-,22?/m0/s1. The molecule has 1 saturated heterocycles. The molecule has 1 aliphatic heterocycles. The summed E-state index contributed by atoms with van der Waals surface area (Å²) in [6, 6.07) is 9.93. The highest BCUT2D eigenvalue weighted by atomic mass is 35.5. The third kappa shape index (κ3) is 8.08. The monoisotopic (exact) mass is 622 g/mol. The molecule has 2 N–H and O–H groups in total. The minimum Gasteiger partial charge on any atom is -0.495 e. The first-order valence-electron chi connectivity index (χ1n) is 13.4. The van der Waals surface area contributed by atoms with Gasteiger partial charge in [0, 0.05) is 40.2 Å². The summed E-state index contributed by atoms with van der Waals surface area (Å²) in [5.41, 5.74) is -0.00939. The second-order valence-electron chi connectivity index (χ2n) is 9.85. The smallest absolute Gasteiger partial charge is 0.422 e. The number of methoxy groups -OCH3 is 2. The lowest BCUT2D eigenvalue weighted by Gasteiger charge is -2.28. The van der Waals surface area contributed by atoms with E-state index in [9.17, 15) is 27.6 Å². The molecule has 1 amide bonds. The highest BCUT2D eigenvalue weighted by Gasteiger charge is 2.34. The zero-order valence-electron chi connectivity index (χ0n) is 23.4. The molecule has 0 aliphatic carbocycles. The van der Waals surface area contributed by atoms with E-state index in [1.54, 1.807) is 0 Å². The number of hydrogen-bond acceptors (Lipinski definition) is 7. The summed E-state index contributed by atoms with van der Waals surface area (Å²) in [6.07, 6.45) is -1.30. The van der Waals surface area contributed by atoms with Gasteiger partial charge in [0.15, 0.2) is 6.61 Å². The first kappa shape index (κ1) is 31.9. The number of aromatic nitrogens is 1. The number of carbonyl (C=O) groups excluding carboxylic acids is 2. The fourth-order valence-electron chi connectivity index (χ4n) is 4.93. The summed E-state index contributed by atoms with van der Waals surface area (Å²) >= 11 is 6.26. The quantitative estimate of drug-likeness (QED) is 0.262. The maximum Gasteiger partial charge on any atom is 0.422 e. The summed E-state index contributed by atoms with van der Waals surface area (Å²) < 4.78 is 60.6. The number of hydrogen-bond donors (Lipinski definition) is 2. The van der Waals surface area contributed by atoms with Gasteiger partial charge >= 0.3 is 12.1 Å². The molecule has 0 radical (unpaired) electrons. The van der Waals surface area contributed by atoms with Gasteiger partial charge in [-0.3, -0.25) is 9.59 Å². The third-order valence-corrected chi connectivity index (χ3v) is 7.16. The molecular weight excluding hydrogens is 593 g/mol. The van der Waals surface area contributed by atoms with Crippen molar-refractivity contribution in [3.63, 3.8) is 0 Å². The normalized spacial score (nSPS) is 15.8. The van der Waals surface area contributed by atoms with Gasteiger partial charge in [0.05, 0.1) is 31.8 Å². The maximum atomic E-state index is 13.9. The molecule has 1 unspecified atom stereocenters. The molecule has 2 atom stereocenters. The van der Waals surface area contributed by atoms with E-state index in [0.29, 0.717) is 18.7 Å². The number of carbonyl (C=O) groups is 2. The van der Waals surface area contributed by atoms with Crippen molar-refractivity contribution in [3.05, 3.63) is 75.2 Å². The summed E-state index contributed by atoms with van der Waals surface area (Å²) in [5.74, 6) is -2.41. The van der Waals surface area contributed by atoms with Crippen LogP contribution in [0.4, 0.5) is 18.9 Å². The van der Waals surface area contributed by atoms with Crippen LogP contribution >= 0.6 is 11.6 Å². The Kier molecular flexibility index (Phi) is 10.4. The molecule has 0 spiro atoms. The zero-order chi connectivity index (χ0) is 31.1. The van der Waals surface area contributed by atoms with E-state index in [2.05, 4.69) is 10.3 Å². The molecule has 43 heavy (non-hydrogen) atoms. The molecule has 0 saturated carbocycles. The van der Waals surface area contributed by atoms with E-state index in [1.807, 2.05) is 0 Å². The molecule has 3 aromatic rings. The largest absolute Gasteiger partial charge is 0.495 e. The average molecular weight is 623 g/mol. The Labute approximate surface area is 250 Å². The summed E-state index contributed by atoms with van der Waals surface area (Å²) in [5, 5.41) is 2.94. The van der Waals surface area contributed by atoms with Gasteiger partial charge in [-0.2, -0.15) is 13.2 Å². The van der Waals surface area contributed by atoms with Crippen molar-refractivity contribution >= 4 is 29.2 Å². The van der Waals surface area contributed by atoms with Crippen molar-refractivity contribution in [1.82, 2.24) is 4.98 Å². The average Bonchev–Trinajstić information content (AvgIpc) is 2.99. The molecule has 1 fully saturated rings. The van der Waals surface area contributed by atoms with Crippen molar-refractivity contribution in [1.29, 1.82) is 0 Å². The first-order valence-corrected chi connectivity index (χ1v) is 13.8. The van der Waals surface area contributed by atoms with E-state index in [-0.39, 0.29) is 51.3 Å². The summed E-state index contributed by atoms with van der Waals surface area (Å²) in [6.45, 7) is -1.11. The van der Waals surface area contributed by atoms with Gasteiger partial charge in [0.2, 0.25) is 5.91 Å². The van der Waals surface area contributed by atoms with E-state index < -0.39 is 36.1 Å². The molecule has 230 valence electrons. The Bertz CT molecular complexity index is 1500. The topological polar surface area (TPSA) is 116 Å². The van der Waals surface area contributed by atoms with Crippen LogP contribution in [0, 0.1) is 0 Å². The number of ether oxygens (including phenoxy) is 4. The van der Waals surface area contributed by atoms with Crippen molar-refractivity contribution in [2.75, 3.05) is 32.8 Å². The van der Waals surface area contributed by atoms with Gasteiger partial charge in [-0.05, 0) is 68.1 Å². The Morgan fingerprint density at radius 3 is 2.49 bits per heavy atom. The predicted molar refractivity (Wildman–Crippen MR) is 153 cm³/mol. The molecule has 2 heterocycles. The van der Waals surface area contributed by atoms with E-state index >= 15 is 0 Å². The minimum absolute atomic E-state index is 0.0412. The predicted octanol–water partition coefficient (Wildman–Crippen LogP) is 6.11. The van der Waals surface area contributed by atoms with E-state index in [4.69, 9.17) is 30.5 Å². The van der Waals surface area contributed by atoms with Crippen LogP contribution in [-0.2, 0) is 14.3 Å². The van der Waals surface area contributed by atoms with Crippen LogP contribution in [0.25, 0.3) is 11.1 Å². The molecule has 13 heteroatoms. The van der Waals surface area contributed by atoms with Crippen molar-refractivity contribution < 1.29 is 41.7 Å². The summed E-state index contributed by atoms with van der Waals surface area (Å²) in [4.78, 5) is 41.9. The highest BCUT2D eigenvalue weighted by molar-refractivity contribution is 6.31. The lowest BCUT2D eigenvalue weighted by atomic mass is 9.85. The zero-order valence-corrected chi connectivity index (χ0v) is 24.1. The van der Waals surface area contributed by atoms with Crippen LogP contribution in [0.2, 0.25) is 5.02 Å². The number of nitrogens with one attached hydrogen (secondary N) is 2. The number of alkyl halides is 3.